The summed E-state index contributed by atoms with van der Waals surface area (Å²) in [6.07, 6.45) is 0.981. The van der Waals surface area contributed by atoms with E-state index in [9.17, 15) is 9.59 Å². The molecule has 15 heavy (non-hydrogen) atoms. The van der Waals surface area contributed by atoms with E-state index in [4.69, 9.17) is 5.73 Å². The minimum atomic E-state index is -0.305. The zero-order chi connectivity index (χ0) is 11.3. The largest absolute Gasteiger partial charge is 0.370 e. The van der Waals surface area contributed by atoms with Crippen LogP contribution in [0.4, 0.5) is 5.69 Å². The maximum absolute atomic E-state index is 10.7. The van der Waals surface area contributed by atoms with Gasteiger partial charge in [0, 0.05) is 19.0 Å². The number of nitrogens with one attached hydrogen (secondary N) is 1. The molecule has 0 fully saturated rings. The molecule has 4 nitrogen and oxygen atoms in total. The molecule has 0 atom stereocenters. The van der Waals surface area contributed by atoms with Crippen LogP contribution in [0.25, 0.3) is 0 Å². The summed E-state index contributed by atoms with van der Waals surface area (Å²) in [7, 11) is 0. The number of rotatable bonds is 4. The van der Waals surface area contributed by atoms with Gasteiger partial charge in [0.25, 0.3) is 0 Å². The van der Waals surface area contributed by atoms with E-state index in [2.05, 4.69) is 5.32 Å². The summed E-state index contributed by atoms with van der Waals surface area (Å²) >= 11 is 0. The molecule has 0 aromatic heterocycles. The molecule has 0 saturated carbocycles. The Morgan fingerprint density at radius 2 is 1.87 bits per heavy atom. The van der Waals surface area contributed by atoms with Crippen LogP contribution in [0.5, 0.6) is 0 Å². The van der Waals surface area contributed by atoms with E-state index >= 15 is 0 Å². The number of hydrogen-bond acceptors (Lipinski definition) is 2. The van der Waals surface area contributed by atoms with E-state index < -0.39 is 0 Å². The number of benzene rings is 1. The molecule has 0 aliphatic rings. The maximum Gasteiger partial charge on any atom is 0.221 e. The van der Waals surface area contributed by atoms with E-state index in [0.717, 1.165) is 11.3 Å². The summed E-state index contributed by atoms with van der Waals surface area (Å²) in [6, 6.07) is 7.35. The Balaban J connectivity index is 2.56. The summed E-state index contributed by atoms with van der Waals surface area (Å²) in [6.45, 7) is 1.46. The lowest BCUT2D eigenvalue weighted by molar-refractivity contribution is -0.118. The number of primary amides is 1. The summed E-state index contributed by atoms with van der Waals surface area (Å²) in [4.78, 5) is 21.3. The van der Waals surface area contributed by atoms with Gasteiger partial charge in [-0.15, -0.1) is 0 Å². The fraction of sp³-hybridized carbons (Fsp3) is 0.273. The average molecular weight is 206 g/mol. The number of nitrogens with two attached hydrogens (primary N) is 1. The predicted molar refractivity (Wildman–Crippen MR) is 58.3 cm³/mol. The first-order valence-electron chi connectivity index (χ1n) is 4.73. The lowest BCUT2D eigenvalue weighted by Crippen LogP contribution is -2.11. The Kier molecular flexibility index (Phi) is 3.85. The summed E-state index contributed by atoms with van der Waals surface area (Å²) in [5.41, 5.74) is 6.83. The Morgan fingerprint density at radius 3 is 2.33 bits per heavy atom. The van der Waals surface area contributed by atoms with Crippen molar-refractivity contribution >= 4 is 17.5 Å². The van der Waals surface area contributed by atoms with Crippen LogP contribution in [0.1, 0.15) is 18.9 Å². The molecule has 0 aliphatic carbocycles. The first-order valence-corrected chi connectivity index (χ1v) is 4.73. The van der Waals surface area contributed by atoms with Gasteiger partial charge in [0.2, 0.25) is 11.8 Å². The van der Waals surface area contributed by atoms with Crippen molar-refractivity contribution in [1.82, 2.24) is 0 Å². The molecule has 0 bridgehead atoms. The zero-order valence-electron chi connectivity index (χ0n) is 8.62. The Bertz CT molecular complexity index is 357. The van der Waals surface area contributed by atoms with Crippen molar-refractivity contribution in [2.75, 3.05) is 5.32 Å². The fourth-order valence-corrected chi connectivity index (χ4v) is 1.23. The highest BCUT2D eigenvalue weighted by molar-refractivity contribution is 5.88. The van der Waals surface area contributed by atoms with Crippen molar-refractivity contribution in [3.63, 3.8) is 0 Å². The maximum atomic E-state index is 10.7. The van der Waals surface area contributed by atoms with Gasteiger partial charge < -0.3 is 11.1 Å². The van der Waals surface area contributed by atoms with Crippen molar-refractivity contribution in [1.29, 1.82) is 0 Å². The van der Waals surface area contributed by atoms with Gasteiger partial charge in [0.1, 0.15) is 0 Å². The van der Waals surface area contributed by atoms with Gasteiger partial charge in [-0.1, -0.05) is 12.1 Å². The normalized spacial score (nSPS) is 9.67. The number of aryl methyl sites for hydroxylation is 1. The van der Waals surface area contributed by atoms with Crippen LogP contribution in [0, 0.1) is 0 Å². The third kappa shape index (κ3) is 4.26. The Morgan fingerprint density at radius 1 is 1.27 bits per heavy atom. The number of carbonyl (C=O) groups is 2. The number of anilines is 1. The molecule has 4 heteroatoms. The summed E-state index contributed by atoms with van der Waals surface area (Å²) in [5.74, 6) is -0.402. The van der Waals surface area contributed by atoms with Gasteiger partial charge in [0.05, 0.1) is 0 Å². The SMILES string of the molecule is CC(=O)Nc1ccc(CCC(N)=O)cc1. The number of carbonyl (C=O) groups excluding carboxylic acids is 2. The highest BCUT2D eigenvalue weighted by Crippen LogP contribution is 2.10. The highest BCUT2D eigenvalue weighted by atomic mass is 16.1. The van der Waals surface area contributed by atoms with E-state index in [1.54, 1.807) is 12.1 Å². The van der Waals surface area contributed by atoms with Crippen molar-refractivity contribution < 1.29 is 9.59 Å². The molecular formula is C11H14N2O2. The van der Waals surface area contributed by atoms with Gasteiger partial charge in [0.15, 0.2) is 0 Å². The van der Waals surface area contributed by atoms with Crippen molar-refractivity contribution in [3.05, 3.63) is 29.8 Å². The molecule has 0 radical (unpaired) electrons. The van der Waals surface area contributed by atoms with Gasteiger partial charge in [-0.3, -0.25) is 9.59 Å². The van der Waals surface area contributed by atoms with Crippen LogP contribution in [0.15, 0.2) is 24.3 Å². The monoisotopic (exact) mass is 206 g/mol. The second kappa shape index (κ2) is 5.14. The standard InChI is InChI=1S/C11H14N2O2/c1-8(14)13-10-5-2-9(3-6-10)4-7-11(12)15/h2-3,5-6H,4,7H2,1H3,(H2,12,15)(H,13,14). The number of amides is 2. The quantitative estimate of drug-likeness (QED) is 0.773. The van der Waals surface area contributed by atoms with Gasteiger partial charge in [-0.05, 0) is 24.1 Å². The number of hydrogen-bond donors (Lipinski definition) is 2. The van der Waals surface area contributed by atoms with Crippen LogP contribution < -0.4 is 11.1 Å². The minimum Gasteiger partial charge on any atom is -0.370 e. The van der Waals surface area contributed by atoms with Crippen LogP contribution in [-0.4, -0.2) is 11.8 Å². The minimum absolute atomic E-state index is 0.0973. The first kappa shape index (κ1) is 11.2. The van der Waals surface area contributed by atoms with Crippen LogP contribution >= 0.6 is 0 Å². The topological polar surface area (TPSA) is 72.2 Å². The molecule has 0 saturated heterocycles. The first-order chi connectivity index (χ1) is 7.08. The molecule has 0 heterocycles. The molecule has 1 aromatic rings. The van der Waals surface area contributed by atoms with Crippen molar-refractivity contribution in [2.24, 2.45) is 5.73 Å². The molecule has 1 rings (SSSR count). The van der Waals surface area contributed by atoms with Crippen LogP contribution in [0.3, 0.4) is 0 Å². The van der Waals surface area contributed by atoms with Gasteiger partial charge in [-0.25, -0.2) is 0 Å². The molecule has 3 N–H and O–H groups in total. The predicted octanol–water partition coefficient (Wildman–Crippen LogP) is 1.06. The van der Waals surface area contributed by atoms with Gasteiger partial charge >= 0.3 is 0 Å². The van der Waals surface area contributed by atoms with E-state index in [1.165, 1.54) is 6.92 Å². The van der Waals surface area contributed by atoms with Crippen LogP contribution in [-0.2, 0) is 16.0 Å². The summed E-state index contributed by atoms with van der Waals surface area (Å²) in [5, 5.41) is 2.67. The van der Waals surface area contributed by atoms with E-state index in [1.807, 2.05) is 12.1 Å². The molecule has 0 aliphatic heterocycles. The van der Waals surface area contributed by atoms with E-state index in [0.29, 0.717) is 12.8 Å². The molecule has 2 amide bonds. The second-order valence-corrected chi connectivity index (χ2v) is 3.34. The molecule has 0 spiro atoms. The molecule has 80 valence electrons. The lowest BCUT2D eigenvalue weighted by Gasteiger charge is -2.03. The Labute approximate surface area is 88.5 Å². The van der Waals surface area contributed by atoms with Crippen LogP contribution in [0.2, 0.25) is 0 Å². The van der Waals surface area contributed by atoms with E-state index in [-0.39, 0.29) is 11.8 Å². The van der Waals surface area contributed by atoms with Gasteiger partial charge in [-0.2, -0.15) is 0 Å². The third-order valence-electron chi connectivity index (χ3n) is 1.93. The Hall–Kier alpha value is -1.84. The molecule has 0 unspecified atom stereocenters. The third-order valence-corrected chi connectivity index (χ3v) is 1.93. The van der Waals surface area contributed by atoms with Crippen molar-refractivity contribution in [3.8, 4) is 0 Å². The highest BCUT2D eigenvalue weighted by Gasteiger charge is 1.98. The molecular weight excluding hydrogens is 192 g/mol. The smallest absolute Gasteiger partial charge is 0.221 e. The fourth-order valence-electron chi connectivity index (χ4n) is 1.23. The molecule has 1 aromatic carbocycles. The second-order valence-electron chi connectivity index (χ2n) is 3.34. The summed E-state index contributed by atoms with van der Waals surface area (Å²) < 4.78 is 0. The zero-order valence-corrected chi connectivity index (χ0v) is 8.62. The van der Waals surface area contributed by atoms with Crippen molar-refractivity contribution in [2.45, 2.75) is 19.8 Å². The lowest BCUT2D eigenvalue weighted by atomic mass is 10.1. The average Bonchev–Trinajstić information content (AvgIpc) is 2.16.